The van der Waals surface area contributed by atoms with Gasteiger partial charge in [0.2, 0.25) is 5.91 Å². The Labute approximate surface area is 145 Å². The average molecular weight is 341 g/mol. The first-order chi connectivity index (χ1) is 12.1. The summed E-state index contributed by atoms with van der Waals surface area (Å²) in [5, 5.41) is 2.63. The number of benzene rings is 1. The van der Waals surface area contributed by atoms with E-state index in [1.807, 2.05) is 6.07 Å². The van der Waals surface area contributed by atoms with Gasteiger partial charge in [0.25, 0.3) is 11.8 Å². The second-order valence-corrected chi connectivity index (χ2v) is 5.73. The highest BCUT2D eigenvalue weighted by Gasteiger charge is 2.25. The minimum absolute atomic E-state index is 0.0522. The molecule has 0 aliphatic carbocycles. The van der Waals surface area contributed by atoms with Crippen molar-refractivity contribution in [3.8, 4) is 0 Å². The molecule has 7 heteroatoms. The quantitative estimate of drug-likeness (QED) is 0.899. The van der Waals surface area contributed by atoms with Crippen molar-refractivity contribution in [2.75, 3.05) is 32.7 Å². The van der Waals surface area contributed by atoms with E-state index in [-0.39, 0.29) is 24.3 Å². The number of amides is 3. The van der Waals surface area contributed by atoms with Crippen LogP contribution in [0.4, 0.5) is 0 Å². The molecule has 1 aliphatic rings. The fourth-order valence-corrected chi connectivity index (χ4v) is 2.69. The van der Waals surface area contributed by atoms with Gasteiger partial charge in [0.15, 0.2) is 0 Å². The van der Waals surface area contributed by atoms with E-state index in [0.29, 0.717) is 37.3 Å². The number of hydrogen-bond donors (Lipinski definition) is 1. The Morgan fingerprint density at radius 3 is 2.24 bits per heavy atom. The summed E-state index contributed by atoms with van der Waals surface area (Å²) >= 11 is 0. The summed E-state index contributed by atoms with van der Waals surface area (Å²) in [5.74, 6) is -0.527. The van der Waals surface area contributed by atoms with E-state index in [1.54, 1.807) is 40.1 Å². The summed E-state index contributed by atoms with van der Waals surface area (Å²) in [6, 6.07) is 10.4. The highest BCUT2D eigenvalue weighted by Crippen LogP contribution is 2.09. The first-order valence-corrected chi connectivity index (χ1v) is 8.07. The molecule has 0 unspecified atom stereocenters. The molecular weight excluding hydrogens is 322 g/mol. The molecule has 1 saturated heterocycles. The molecule has 0 bridgehead atoms. The predicted molar refractivity (Wildman–Crippen MR) is 90.0 cm³/mol. The Hall–Kier alpha value is -3.09. The van der Waals surface area contributed by atoms with E-state index in [0.717, 1.165) is 0 Å². The zero-order chi connectivity index (χ0) is 17.6. The van der Waals surface area contributed by atoms with Gasteiger partial charge in [0.05, 0.1) is 18.4 Å². The third-order valence-corrected chi connectivity index (χ3v) is 4.12. The summed E-state index contributed by atoms with van der Waals surface area (Å²) in [5.41, 5.74) is 1.03. The molecule has 7 nitrogen and oxygen atoms in total. The standard InChI is InChI=1S/C18H19N3O4/c22-16(12-19-17(23)14-4-2-1-3-5-14)20-7-9-21(10-8-20)18(24)15-6-11-25-13-15/h1-6,11,13H,7-10,12H2,(H,19,23). The van der Waals surface area contributed by atoms with Crippen LogP contribution in [0.1, 0.15) is 20.7 Å². The second-order valence-electron chi connectivity index (χ2n) is 5.73. The van der Waals surface area contributed by atoms with E-state index < -0.39 is 0 Å². The van der Waals surface area contributed by atoms with E-state index in [2.05, 4.69) is 5.32 Å². The first-order valence-electron chi connectivity index (χ1n) is 8.07. The molecule has 1 N–H and O–H groups in total. The summed E-state index contributed by atoms with van der Waals surface area (Å²) < 4.78 is 4.92. The van der Waals surface area contributed by atoms with Gasteiger partial charge in [-0.1, -0.05) is 18.2 Å². The Morgan fingerprint density at radius 2 is 1.60 bits per heavy atom. The van der Waals surface area contributed by atoms with E-state index in [9.17, 15) is 14.4 Å². The molecule has 25 heavy (non-hydrogen) atoms. The number of nitrogens with one attached hydrogen (secondary N) is 1. The third-order valence-electron chi connectivity index (χ3n) is 4.12. The van der Waals surface area contributed by atoms with Gasteiger partial charge in [-0.25, -0.2) is 0 Å². The number of nitrogens with zero attached hydrogens (tertiary/aromatic N) is 2. The van der Waals surface area contributed by atoms with Crippen LogP contribution in [-0.2, 0) is 4.79 Å². The number of rotatable bonds is 4. The normalized spacial score (nSPS) is 14.2. The smallest absolute Gasteiger partial charge is 0.257 e. The number of hydrogen-bond acceptors (Lipinski definition) is 4. The maximum Gasteiger partial charge on any atom is 0.257 e. The van der Waals surface area contributed by atoms with Crippen molar-refractivity contribution in [2.45, 2.75) is 0 Å². The summed E-state index contributed by atoms with van der Waals surface area (Å²) in [6.07, 6.45) is 2.88. The van der Waals surface area contributed by atoms with E-state index in [4.69, 9.17) is 4.42 Å². The zero-order valence-electron chi connectivity index (χ0n) is 13.7. The minimum atomic E-state index is -0.275. The van der Waals surface area contributed by atoms with Gasteiger partial charge >= 0.3 is 0 Å². The molecule has 3 amide bonds. The van der Waals surface area contributed by atoms with Crippen LogP contribution in [0.25, 0.3) is 0 Å². The second kappa shape index (κ2) is 7.65. The predicted octanol–water partition coefficient (Wildman–Crippen LogP) is 0.994. The van der Waals surface area contributed by atoms with Crippen LogP contribution in [0.15, 0.2) is 53.3 Å². The third kappa shape index (κ3) is 4.06. The molecule has 1 fully saturated rings. The molecule has 0 atom stereocenters. The highest BCUT2D eigenvalue weighted by molar-refractivity contribution is 5.96. The lowest BCUT2D eigenvalue weighted by atomic mass is 10.2. The number of piperazine rings is 1. The molecule has 0 radical (unpaired) electrons. The summed E-state index contributed by atoms with van der Waals surface area (Å²) in [6.45, 7) is 1.77. The number of furan rings is 1. The molecule has 1 aromatic carbocycles. The maximum atomic E-state index is 12.2. The molecule has 1 aliphatic heterocycles. The fourth-order valence-electron chi connectivity index (χ4n) is 2.69. The van der Waals surface area contributed by atoms with Gasteiger partial charge in [0, 0.05) is 31.7 Å². The Bertz CT molecular complexity index is 735. The van der Waals surface area contributed by atoms with Gasteiger partial charge in [0.1, 0.15) is 6.26 Å². The SMILES string of the molecule is O=C(NCC(=O)N1CCN(C(=O)c2ccoc2)CC1)c1ccccc1. The van der Waals surface area contributed by atoms with Crippen molar-refractivity contribution < 1.29 is 18.8 Å². The van der Waals surface area contributed by atoms with Crippen molar-refractivity contribution in [3.63, 3.8) is 0 Å². The Balaban J connectivity index is 1.45. The van der Waals surface area contributed by atoms with Gasteiger partial charge < -0.3 is 19.5 Å². The lowest BCUT2D eigenvalue weighted by molar-refractivity contribution is -0.131. The van der Waals surface area contributed by atoms with Crippen LogP contribution in [0, 0.1) is 0 Å². The van der Waals surface area contributed by atoms with Crippen LogP contribution in [0.5, 0.6) is 0 Å². The van der Waals surface area contributed by atoms with Crippen molar-refractivity contribution in [2.24, 2.45) is 0 Å². The van der Waals surface area contributed by atoms with Crippen LogP contribution in [0.2, 0.25) is 0 Å². The molecule has 1 aromatic heterocycles. The largest absolute Gasteiger partial charge is 0.472 e. The number of carbonyl (C=O) groups excluding carboxylic acids is 3. The van der Waals surface area contributed by atoms with Crippen LogP contribution in [0.3, 0.4) is 0 Å². The van der Waals surface area contributed by atoms with Crippen LogP contribution >= 0.6 is 0 Å². The Morgan fingerprint density at radius 1 is 0.920 bits per heavy atom. The monoisotopic (exact) mass is 341 g/mol. The lowest BCUT2D eigenvalue weighted by Crippen LogP contribution is -2.52. The van der Waals surface area contributed by atoms with E-state index in [1.165, 1.54) is 12.5 Å². The van der Waals surface area contributed by atoms with Crippen molar-refractivity contribution in [1.29, 1.82) is 0 Å². The first kappa shape index (κ1) is 16.8. The Kier molecular flexibility index (Phi) is 5.13. The van der Waals surface area contributed by atoms with Gasteiger partial charge in [-0.05, 0) is 18.2 Å². The molecule has 0 spiro atoms. The van der Waals surface area contributed by atoms with Crippen molar-refractivity contribution in [3.05, 3.63) is 60.1 Å². The minimum Gasteiger partial charge on any atom is -0.472 e. The summed E-state index contributed by atoms with van der Waals surface area (Å²) in [4.78, 5) is 39.8. The molecule has 130 valence electrons. The molecular formula is C18H19N3O4. The topological polar surface area (TPSA) is 82.9 Å². The zero-order valence-corrected chi connectivity index (χ0v) is 13.7. The lowest BCUT2D eigenvalue weighted by Gasteiger charge is -2.34. The van der Waals surface area contributed by atoms with Crippen LogP contribution in [-0.4, -0.2) is 60.2 Å². The summed E-state index contributed by atoms with van der Waals surface area (Å²) in [7, 11) is 0. The molecule has 3 rings (SSSR count). The molecule has 2 heterocycles. The molecule has 0 saturated carbocycles. The molecule has 2 aromatic rings. The van der Waals surface area contributed by atoms with Gasteiger partial charge in [-0.3, -0.25) is 14.4 Å². The average Bonchev–Trinajstić information content (AvgIpc) is 3.21. The van der Waals surface area contributed by atoms with Gasteiger partial charge in [-0.2, -0.15) is 0 Å². The van der Waals surface area contributed by atoms with Gasteiger partial charge in [-0.15, -0.1) is 0 Å². The van der Waals surface area contributed by atoms with E-state index >= 15 is 0 Å². The van der Waals surface area contributed by atoms with Crippen molar-refractivity contribution >= 4 is 17.7 Å². The highest BCUT2D eigenvalue weighted by atomic mass is 16.3. The van der Waals surface area contributed by atoms with Crippen molar-refractivity contribution in [1.82, 2.24) is 15.1 Å². The number of carbonyl (C=O) groups is 3. The maximum absolute atomic E-state index is 12.2. The fraction of sp³-hybridized carbons (Fsp3) is 0.278. The van der Waals surface area contributed by atoms with Crippen LogP contribution < -0.4 is 5.32 Å².